The summed E-state index contributed by atoms with van der Waals surface area (Å²) in [5.41, 5.74) is 0.630. The molecule has 0 aliphatic carbocycles. The highest BCUT2D eigenvalue weighted by atomic mass is 19.3. The zero-order valence-corrected chi connectivity index (χ0v) is 10.6. The first-order valence-corrected chi connectivity index (χ1v) is 6.03. The molecule has 1 saturated heterocycles. The number of nitrogens with one attached hydrogen (secondary N) is 1. The van der Waals surface area contributed by atoms with Gasteiger partial charge in [0.2, 0.25) is 17.6 Å². The zero-order chi connectivity index (χ0) is 14.2. The van der Waals surface area contributed by atoms with E-state index in [2.05, 4.69) is 20.4 Å². The van der Waals surface area contributed by atoms with Gasteiger partial charge in [0.25, 0.3) is 5.92 Å². The van der Waals surface area contributed by atoms with Crippen molar-refractivity contribution in [3.05, 3.63) is 24.2 Å². The minimum absolute atomic E-state index is 0.160. The summed E-state index contributed by atoms with van der Waals surface area (Å²) in [6, 6.07) is 2.77. The van der Waals surface area contributed by atoms with E-state index >= 15 is 0 Å². The average Bonchev–Trinajstić information content (AvgIpc) is 3.05. The second-order valence-electron chi connectivity index (χ2n) is 4.54. The molecule has 20 heavy (non-hydrogen) atoms. The second-order valence-corrected chi connectivity index (χ2v) is 4.54. The highest BCUT2D eigenvalue weighted by Gasteiger charge is 2.42. The first-order valence-electron chi connectivity index (χ1n) is 6.03. The van der Waals surface area contributed by atoms with Crippen molar-refractivity contribution in [2.45, 2.75) is 18.4 Å². The van der Waals surface area contributed by atoms with Crippen LogP contribution in [0.25, 0.3) is 11.4 Å². The number of aromatic nitrogens is 3. The molecule has 8 heteroatoms. The summed E-state index contributed by atoms with van der Waals surface area (Å²) in [4.78, 5) is 8.15. The average molecular weight is 282 g/mol. The molecule has 1 aliphatic heterocycles. The van der Waals surface area contributed by atoms with Crippen LogP contribution in [0.3, 0.4) is 0 Å². The van der Waals surface area contributed by atoms with Crippen LogP contribution in [0.15, 0.2) is 22.9 Å². The molecule has 1 N–H and O–H groups in total. The number of alkyl halides is 2. The molecule has 1 unspecified atom stereocenters. The SMILES string of the molecule is COc1ccc(-c2noc(C3CC(F)(F)CN3)n2)cn1. The smallest absolute Gasteiger partial charge is 0.262 e. The zero-order valence-electron chi connectivity index (χ0n) is 10.6. The van der Waals surface area contributed by atoms with Crippen molar-refractivity contribution in [3.8, 4) is 17.3 Å². The number of rotatable bonds is 3. The molecule has 2 aromatic heterocycles. The summed E-state index contributed by atoms with van der Waals surface area (Å²) in [6.45, 7) is -0.376. The maximum absolute atomic E-state index is 13.1. The topological polar surface area (TPSA) is 73.1 Å². The Labute approximate surface area is 113 Å². The van der Waals surface area contributed by atoms with Crippen molar-refractivity contribution in [2.24, 2.45) is 0 Å². The minimum Gasteiger partial charge on any atom is -0.481 e. The highest BCUT2D eigenvalue weighted by molar-refractivity contribution is 5.53. The lowest BCUT2D eigenvalue weighted by Crippen LogP contribution is -2.19. The van der Waals surface area contributed by atoms with Gasteiger partial charge >= 0.3 is 0 Å². The predicted molar refractivity (Wildman–Crippen MR) is 64.4 cm³/mol. The molecule has 0 aromatic carbocycles. The van der Waals surface area contributed by atoms with Crippen molar-refractivity contribution < 1.29 is 18.0 Å². The van der Waals surface area contributed by atoms with E-state index in [4.69, 9.17) is 9.26 Å². The van der Waals surface area contributed by atoms with Gasteiger partial charge in [0.05, 0.1) is 19.7 Å². The van der Waals surface area contributed by atoms with Crippen LogP contribution in [0.2, 0.25) is 0 Å². The molecular formula is C12H12F2N4O2. The Kier molecular flexibility index (Phi) is 3.09. The maximum atomic E-state index is 13.1. The molecule has 3 rings (SSSR count). The summed E-state index contributed by atoms with van der Waals surface area (Å²) < 4.78 is 36.2. The van der Waals surface area contributed by atoms with Crippen LogP contribution >= 0.6 is 0 Å². The van der Waals surface area contributed by atoms with Gasteiger partial charge in [-0.15, -0.1) is 0 Å². The number of hydrogen-bond donors (Lipinski definition) is 1. The molecule has 0 saturated carbocycles. The fraction of sp³-hybridized carbons (Fsp3) is 0.417. The Bertz CT molecular complexity index is 600. The van der Waals surface area contributed by atoms with Crippen molar-refractivity contribution in [3.63, 3.8) is 0 Å². The first-order chi connectivity index (χ1) is 9.57. The van der Waals surface area contributed by atoms with E-state index in [1.807, 2.05) is 0 Å². The van der Waals surface area contributed by atoms with E-state index in [-0.39, 0.29) is 18.9 Å². The first kappa shape index (κ1) is 12.9. The molecule has 0 radical (unpaired) electrons. The van der Waals surface area contributed by atoms with Gasteiger partial charge in [-0.1, -0.05) is 5.16 Å². The van der Waals surface area contributed by atoms with E-state index in [0.29, 0.717) is 17.3 Å². The van der Waals surface area contributed by atoms with Crippen molar-refractivity contribution >= 4 is 0 Å². The van der Waals surface area contributed by atoms with Gasteiger partial charge in [0.1, 0.15) is 0 Å². The third-order valence-corrected chi connectivity index (χ3v) is 3.05. The van der Waals surface area contributed by atoms with E-state index < -0.39 is 12.0 Å². The number of nitrogens with zero attached hydrogens (tertiary/aromatic N) is 3. The summed E-state index contributed by atoms with van der Waals surface area (Å²) >= 11 is 0. The molecule has 1 atom stereocenters. The van der Waals surface area contributed by atoms with Crippen LogP contribution in [0, 0.1) is 0 Å². The Morgan fingerprint density at radius 3 is 2.90 bits per heavy atom. The predicted octanol–water partition coefficient (Wildman–Crippen LogP) is 1.81. The normalized spacial score (nSPS) is 21.1. The third-order valence-electron chi connectivity index (χ3n) is 3.05. The van der Waals surface area contributed by atoms with E-state index in [0.717, 1.165) is 0 Å². The number of ether oxygens (including phenoxy) is 1. The monoisotopic (exact) mass is 282 g/mol. The molecule has 3 heterocycles. The summed E-state index contributed by atoms with van der Waals surface area (Å²) in [6.07, 6.45) is 1.19. The number of pyridine rings is 1. The van der Waals surface area contributed by atoms with E-state index in [1.54, 1.807) is 12.1 Å². The van der Waals surface area contributed by atoms with Crippen LogP contribution in [-0.4, -0.2) is 34.7 Å². The number of hydrogen-bond acceptors (Lipinski definition) is 6. The number of methoxy groups -OCH3 is 1. The molecule has 0 amide bonds. The van der Waals surface area contributed by atoms with Crippen molar-refractivity contribution in [1.29, 1.82) is 0 Å². The van der Waals surface area contributed by atoms with E-state index in [9.17, 15) is 8.78 Å². The Morgan fingerprint density at radius 2 is 2.30 bits per heavy atom. The van der Waals surface area contributed by atoms with Crippen LogP contribution in [0.1, 0.15) is 18.4 Å². The molecule has 1 aliphatic rings. The molecule has 106 valence electrons. The number of halogens is 2. The Morgan fingerprint density at radius 1 is 1.45 bits per heavy atom. The van der Waals surface area contributed by atoms with Crippen LogP contribution in [0.4, 0.5) is 8.78 Å². The molecule has 0 bridgehead atoms. The van der Waals surface area contributed by atoms with Crippen molar-refractivity contribution in [1.82, 2.24) is 20.4 Å². The Hall–Kier alpha value is -2.09. The quantitative estimate of drug-likeness (QED) is 0.925. The Balaban J connectivity index is 1.79. The van der Waals surface area contributed by atoms with Gasteiger partial charge in [-0.3, -0.25) is 5.32 Å². The van der Waals surface area contributed by atoms with Gasteiger partial charge in [-0.2, -0.15) is 4.98 Å². The molecule has 0 spiro atoms. The highest BCUT2D eigenvalue weighted by Crippen LogP contribution is 2.33. The van der Waals surface area contributed by atoms with Gasteiger partial charge < -0.3 is 9.26 Å². The van der Waals surface area contributed by atoms with Crippen LogP contribution in [0.5, 0.6) is 5.88 Å². The summed E-state index contributed by atoms with van der Waals surface area (Å²) in [7, 11) is 1.51. The largest absolute Gasteiger partial charge is 0.481 e. The summed E-state index contributed by atoms with van der Waals surface area (Å²) in [5, 5.41) is 6.45. The molecule has 6 nitrogen and oxygen atoms in total. The van der Waals surface area contributed by atoms with Gasteiger partial charge in [0, 0.05) is 24.2 Å². The lowest BCUT2D eigenvalue weighted by Gasteiger charge is -2.04. The minimum atomic E-state index is -2.74. The van der Waals surface area contributed by atoms with E-state index in [1.165, 1.54) is 13.3 Å². The van der Waals surface area contributed by atoms with Gasteiger partial charge in [0.15, 0.2) is 0 Å². The van der Waals surface area contributed by atoms with Gasteiger partial charge in [-0.05, 0) is 6.07 Å². The summed E-state index contributed by atoms with van der Waals surface area (Å²) in [5.74, 6) is -1.80. The molecule has 2 aromatic rings. The van der Waals surface area contributed by atoms with Crippen molar-refractivity contribution in [2.75, 3.05) is 13.7 Å². The molecule has 1 fully saturated rings. The lowest BCUT2D eigenvalue weighted by atomic mass is 10.2. The third kappa shape index (κ3) is 2.46. The lowest BCUT2D eigenvalue weighted by molar-refractivity contribution is 0.0200. The van der Waals surface area contributed by atoms with Crippen LogP contribution < -0.4 is 10.1 Å². The maximum Gasteiger partial charge on any atom is 0.262 e. The fourth-order valence-corrected chi connectivity index (χ4v) is 2.02. The second kappa shape index (κ2) is 4.78. The standard InChI is InChI=1S/C12H12F2N4O2/c1-19-9-3-2-7(5-15-9)10-17-11(20-18-10)8-4-12(13,14)6-16-8/h2-3,5,8,16H,4,6H2,1H3. The fourth-order valence-electron chi connectivity index (χ4n) is 2.02. The molecular weight excluding hydrogens is 270 g/mol. The van der Waals surface area contributed by atoms with Gasteiger partial charge in [-0.25, -0.2) is 13.8 Å². The van der Waals surface area contributed by atoms with Crippen LogP contribution in [-0.2, 0) is 0 Å².